The summed E-state index contributed by atoms with van der Waals surface area (Å²) in [4.78, 5) is 4.22. The summed E-state index contributed by atoms with van der Waals surface area (Å²) in [7, 11) is 0. The summed E-state index contributed by atoms with van der Waals surface area (Å²) in [6.45, 7) is 0. The molecule has 0 radical (unpaired) electrons. The molecule has 2 bridgehead atoms. The minimum atomic E-state index is 0.617. The number of pyridine rings is 1. The molecule has 0 aliphatic carbocycles. The average molecular weight is 381 g/mol. The van der Waals surface area contributed by atoms with Crippen LogP contribution in [0.4, 0.5) is 11.4 Å². The Balaban J connectivity index is 1.51. The molecule has 4 heteroatoms. The number of anilines is 2. The van der Waals surface area contributed by atoms with Crippen molar-refractivity contribution in [3.05, 3.63) is 83.7 Å². The second-order valence-corrected chi connectivity index (χ2v) is 8.17. The van der Waals surface area contributed by atoms with E-state index in [2.05, 4.69) is 58.1 Å². The van der Waals surface area contributed by atoms with Crippen LogP contribution in [0.2, 0.25) is 0 Å². The van der Waals surface area contributed by atoms with Crippen molar-refractivity contribution in [1.29, 1.82) is 0 Å². The monoisotopic (exact) mass is 381 g/mol. The number of benzene rings is 2. The van der Waals surface area contributed by atoms with Crippen LogP contribution < -0.4 is 15.4 Å². The molecule has 2 aromatic carbocycles. The zero-order valence-electron chi connectivity index (χ0n) is 16.2. The molecule has 0 amide bonds. The highest BCUT2D eigenvalue weighted by Gasteiger charge is 2.34. The molecule has 4 nitrogen and oxygen atoms in total. The Labute approximate surface area is 170 Å². The summed E-state index contributed by atoms with van der Waals surface area (Å²) in [6, 6.07) is 20.0. The van der Waals surface area contributed by atoms with E-state index >= 15 is 0 Å². The van der Waals surface area contributed by atoms with E-state index in [1.54, 1.807) is 11.8 Å². The molecular weight excluding hydrogens is 358 g/mol. The van der Waals surface area contributed by atoms with Crippen molar-refractivity contribution < 1.29 is 4.74 Å². The molecule has 3 aliphatic heterocycles. The van der Waals surface area contributed by atoms with Crippen molar-refractivity contribution in [1.82, 2.24) is 10.3 Å². The fourth-order valence-corrected chi connectivity index (χ4v) is 5.04. The molecule has 0 saturated carbocycles. The average Bonchev–Trinajstić information content (AvgIpc) is 3.11. The number of para-hydroxylation sites is 2. The van der Waals surface area contributed by atoms with Gasteiger partial charge in [-0.3, -0.25) is 4.98 Å². The number of ether oxygens (including phenoxy) is 1. The number of hydrogen-bond acceptors (Lipinski definition) is 4. The van der Waals surface area contributed by atoms with E-state index in [1.165, 1.54) is 29.5 Å². The lowest BCUT2D eigenvalue weighted by Gasteiger charge is -2.31. The van der Waals surface area contributed by atoms with E-state index in [0.29, 0.717) is 12.1 Å². The van der Waals surface area contributed by atoms with E-state index < -0.39 is 0 Å². The largest absolute Gasteiger partial charge is 0.454 e. The van der Waals surface area contributed by atoms with Gasteiger partial charge in [0, 0.05) is 29.4 Å². The molecule has 4 heterocycles. The Morgan fingerprint density at radius 3 is 2.55 bits per heavy atom. The quantitative estimate of drug-likeness (QED) is 0.471. The summed E-state index contributed by atoms with van der Waals surface area (Å²) in [6.07, 6.45) is 8.44. The maximum atomic E-state index is 6.44. The molecule has 2 atom stereocenters. The molecule has 2 N–H and O–H groups in total. The zero-order chi connectivity index (χ0) is 19.2. The zero-order valence-corrected chi connectivity index (χ0v) is 16.2. The Morgan fingerprint density at radius 1 is 0.897 bits per heavy atom. The summed E-state index contributed by atoms with van der Waals surface area (Å²) in [5.41, 5.74) is 7.27. The van der Waals surface area contributed by atoms with Crippen LogP contribution in [-0.2, 0) is 0 Å². The van der Waals surface area contributed by atoms with Crippen LogP contribution in [0.15, 0.2) is 72.6 Å². The molecule has 0 spiro atoms. The molecule has 2 fully saturated rings. The number of piperidine rings is 1. The standard InChI is InChI=1S/C25H23N3O/c1-2-9-23-20(6-1)24(16-13-17-10-11-18(14-16)27-17)21-7-3-8-22(25(21)29-23)28-19-5-4-12-26-15-19/h1-9,12,15,17-18,27-28H,10-11,13-14H2. The van der Waals surface area contributed by atoms with Gasteiger partial charge in [0.05, 0.1) is 17.6 Å². The first-order valence-corrected chi connectivity index (χ1v) is 10.4. The first kappa shape index (κ1) is 16.8. The van der Waals surface area contributed by atoms with Crippen LogP contribution in [0.1, 0.15) is 36.8 Å². The maximum absolute atomic E-state index is 6.44. The molecule has 3 aromatic rings. The first-order valence-electron chi connectivity index (χ1n) is 10.4. The van der Waals surface area contributed by atoms with Gasteiger partial charge >= 0.3 is 0 Å². The van der Waals surface area contributed by atoms with Crippen molar-refractivity contribution in [3.63, 3.8) is 0 Å². The molecule has 2 unspecified atom stereocenters. The third kappa shape index (κ3) is 2.91. The van der Waals surface area contributed by atoms with Crippen LogP contribution in [-0.4, -0.2) is 17.1 Å². The van der Waals surface area contributed by atoms with Crippen LogP contribution in [0.5, 0.6) is 11.5 Å². The van der Waals surface area contributed by atoms with E-state index in [1.807, 2.05) is 18.3 Å². The van der Waals surface area contributed by atoms with Gasteiger partial charge in [-0.1, -0.05) is 35.9 Å². The van der Waals surface area contributed by atoms with Crippen molar-refractivity contribution in [2.24, 2.45) is 0 Å². The second-order valence-electron chi connectivity index (χ2n) is 8.17. The third-order valence-corrected chi connectivity index (χ3v) is 6.27. The normalized spacial score (nSPS) is 21.9. The lowest BCUT2D eigenvalue weighted by molar-refractivity contribution is 0.466. The summed E-state index contributed by atoms with van der Waals surface area (Å²) >= 11 is 0. The number of nitrogens with one attached hydrogen (secondary N) is 2. The summed E-state index contributed by atoms with van der Waals surface area (Å²) in [5.74, 6) is 1.84. The van der Waals surface area contributed by atoms with Crippen LogP contribution >= 0.6 is 0 Å². The fourth-order valence-electron chi connectivity index (χ4n) is 5.04. The number of nitrogens with zero attached hydrogens (tertiary/aromatic N) is 1. The Morgan fingerprint density at radius 2 is 1.72 bits per heavy atom. The van der Waals surface area contributed by atoms with Crippen LogP contribution in [0.3, 0.4) is 0 Å². The number of fused-ring (bicyclic) bond motifs is 4. The van der Waals surface area contributed by atoms with E-state index in [4.69, 9.17) is 4.74 Å². The molecule has 144 valence electrons. The van der Waals surface area contributed by atoms with E-state index in [0.717, 1.165) is 35.7 Å². The van der Waals surface area contributed by atoms with Crippen molar-refractivity contribution in [2.75, 3.05) is 5.32 Å². The van der Waals surface area contributed by atoms with Crippen molar-refractivity contribution in [2.45, 2.75) is 37.8 Å². The molecule has 3 aliphatic rings. The van der Waals surface area contributed by atoms with Crippen LogP contribution in [0, 0.1) is 0 Å². The Hall–Kier alpha value is -3.11. The summed E-state index contributed by atoms with van der Waals surface area (Å²) in [5, 5.41) is 7.26. The Bertz CT molecular complexity index is 1090. The molecule has 29 heavy (non-hydrogen) atoms. The second kappa shape index (κ2) is 6.75. The highest BCUT2D eigenvalue weighted by atomic mass is 16.5. The highest BCUT2D eigenvalue weighted by molar-refractivity contribution is 5.93. The van der Waals surface area contributed by atoms with Gasteiger partial charge in [-0.2, -0.15) is 0 Å². The predicted octanol–water partition coefficient (Wildman–Crippen LogP) is 5.65. The molecule has 2 saturated heterocycles. The predicted molar refractivity (Wildman–Crippen MR) is 116 cm³/mol. The van der Waals surface area contributed by atoms with Crippen LogP contribution in [0.25, 0.3) is 5.57 Å². The van der Waals surface area contributed by atoms with E-state index in [-0.39, 0.29) is 0 Å². The van der Waals surface area contributed by atoms with Gasteiger partial charge in [0.15, 0.2) is 5.75 Å². The van der Waals surface area contributed by atoms with Gasteiger partial charge in [0.1, 0.15) is 5.75 Å². The molecule has 6 rings (SSSR count). The lowest BCUT2D eigenvalue weighted by Crippen LogP contribution is -2.35. The SMILES string of the molecule is c1cncc(Nc2cccc3c2Oc2ccccc2C3=C2CC3CCC(C2)N3)c1. The smallest absolute Gasteiger partial charge is 0.158 e. The number of aromatic nitrogens is 1. The fraction of sp³-hybridized carbons (Fsp3) is 0.240. The van der Waals surface area contributed by atoms with E-state index in [9.17, 15) is 0 Å². The first-order chi connectivity index (χ1) is 14.3. The molecular formula is C25H23N3O. The minimum Gasteiger partial charge on any atom is -0.454 e. The molecule has 1 aromatic heterocycles. The maximum Gasteiger partial charge on any atom is 0.158 e. The third-order valence-electron chi connectivity index (χ3n) is 6.27. The Kier molecular flexibility index (Phi) is 3.91. The number of rotatable bonds is 2. The van der Waals surface area contributed by atoms with Gasteiger partial charge in [0.25, 0.3) is 0 Å². The van der Waals surface area contributed by atoms with Gasteiger partial charge in [-0.15, -0.1) is 0 Å². The van der Waals surface area contributed by atoms with Gasteiger partial charge < -0.3 is 15.4 Å². The van der Waals surface area contributed by atoms with Crippen molar-refractivity contribution in [3.8, 4) is 11.5 Å². The van der Waals surface area contributed by atoms with Gasteiger partial charge in [-0.25, -0.2) is 0 Å². The van der Waals surface area contributed by atoms with Gasteiger partial charge in [-0.05, 0) is 55.5 Å². The van der Waals surface area contributed by atoms with Gasteiger partial charge in [0.2, 0.25) is 0 Å². The topological polar surface area (TPSA) is 46.2 Å². The summed E-state index contributed by atoms with van der Waals surface area (Å²) < 4.78 is 6.44. The number of hydrogen-bond donors (Lipinski definition) is 2. The highest BCUT2D eigenvalue weighted by Crippen LogP contribution is 2.50. The van der Waals surface area contributed by atoms with Crippen molar-refractivity contribution >= 4 is 16.9 Å². The minimum absolute atomic E-state index is 0.617. The lowest BCUT2D eigenvalue weighted by atomic mass is 9.84.